The van der Waals surface area contributed by atoms with Crippen LogP contribution in [0.5, 0.6) is 0 Å². The number of nitrogens with one attached hydrogen (secondary N) is 1. The van der Waals surface area contributed by atoms with Gasteiger partial charge in [0, 0.05) is 17.3 Å². The lowest BCUT2D eigenvalue weighted by atomic mass is 10.1. The maximum Gasteiger partial charge on any atom is 0.187 e. The molecule has 0 unspecified atom stereocenters. The molecule has 0 aromatic heterocycles. The van der Waals surface area contributed by atoms with Crippen LogP contribution in [-0.4, -0.2) is 5.78 Å². The average Bonchev–Trinajstić information content (AvgIpc) is 2.66. The van der Waals surface area contributed by atoms with Gasteiger partial charge in [0.1, 0.15) is 0 Å². The summed E-state index contributed by atoms with van der Waals surface area (Å²) < 4.78 is 14.2. The number of hydrogen-bond donors (Lipinski definition) is 1. The third-order valence-corrected chi connectivity index (χ3v) is 3.93. The molecule has 3 aromatic rings. The molecule has 0 spiro atoms. The van der Waals surface area contributed by atoms with E-state index in [1.54, 1.807) is 36.4 Å². The van der Waals surface area contributed by atoms with E-state index in [-0.39, 0.29) is 16.5 Å². The van der Waals surface area contributed by atoms with Gasteiger partial charge in [-0.05, 0) is 17.7 Å². The summed E-state index contributed by atoms with van der Waals surface area (Å²) in [5, 5.41) is 3.01. The predicted octanol–water partition coefficient (Wildman–Crippen LogP) is 5.82. The molecule has 0 amide bonds. The summed E-state index contributed by atoms with van der Waals surface area (Å²) in [6.07, 6.45) is 1.46. The second-order valence-electron chi connectivity index (χ2n) is 5.38. The quantitative estimate of drug-likeness (QED) is 0.464. The fourth-order valence-electron chi connectivity index (χ4n) is 2.37. The Kier molecular flexibility index (Phi) is 5.26. The van der Waals surface area contributed by atoms with Gasteiger partial charge in [-0.15, -0.1) is 0 Å². The highest BCUT2D eigenvalue weighted by atomic mass is 35.5. The molecule has 25 heavy (non-hydrogen) atoms. The van der Waals surface area contributed by atoms with Crippen molar-refractivity contribution in [2.75, 3.05) is 5.32 Å². The van der Waals surface area contributed by atoms with Crippen molar-refractivity contribution in [3.63, 3.8) is 0 Å². The Bertz CT molecular complexity index is 908. The zero-order chi connectivity index (χ0) is 17.6. The van der Waals surface area contributed by atoms with E-state index in [1.807, 2.05) is 36.4 Å². The summed E-state index contributed by atoms with van der Waals surface area (Å²) in [6.45, 7) is 0. The van der Waals surface area contributed by atoms with Gasteiger partial charge in [-0.2, -0.15) is 0 Å². The fourth-order valence-corrected chi connectivity index (χ4v) is 2.55. The maximum atomic E-state index is 14.2. The van der Waals surface area contributed by atoms with Crippen LogP contribution in [0, 0.1) is 5.82 Å². The standard InChI is InChI=1S/C21H15ClFNO/c22-17-12-7-13-18(21(17)23)24-19(15-8-3-1-4-9-15)14-20(25)16-10-5-2-6-11-16/h1-14,24H/b19-14-. The zero-order valence-electron chi connectivity index (χ0n) is 13.2. The minimum absolute atomic E-state index is 0.0202. The second kappa shape index (κ2) is 7.77. The molecule has 0 bridgehead atoms. The van der Waals surface area contributed by atoms with Gasteiger partial charge in [-0.3, -0.25) is 4.79 Å². The van der Waals surface area contributed by atoms with Crippen LogP contribution < -0.4 is 5.32 Å². The van der Waals surface area contributed by atoms with Crippen LogP contribution >= 0.6 is 11.6 Å². The van der Waals surface area contributed by atoms with Crippen molar-refractivity contribution in [1.82, 2.24) is 0 Å². The fraction of sp³-hybridized carbons (Fsp3) is 0. The number of ketones is 1. The number of carbonyl (C=O) groups is 1. The Morgan fingerprint density at radius 2 is 1.44 bits per heavy atom. The van der Waals surface area contributed by atoms with E-state index in [2.05, 4.69) is 5.32 Å². The second-order valence-corrected chi connectivity index (χ2v) is 5.79. The number of carbonyl (C=O) groups excluding carboxylic acids is 1. The van der Waals surface area contributed by atoms with E-state index in [1.165, 1.54) is 12.1 Å². The first-order valence-electron chi connectivity index (χ1n) is 7.72. The van der Waals surface area contributed by atoms with Crippen molar-refractivity contribution in [1.29, 1.82) is 0 Å². The molecule has 0 heterocycles. The van der Waals surface area contributed by atoms with Gasteiger partial charge >= 0.3 is 0 Å². The van der Waals surface area contributed by atoms with E-state index in [9.17, 15) is 9.18 Å². The first-order valence-corrected chi connectivity index (χ1v) is 8.10. The number of rotatable bonds is 5. The normalized spacial score (nSPS) is 11.2. The van der Waals surface area contributed by atoms with Gasteiger partial charge < -0.3 is 5.32 Å². The van der Waals surface area contributed by atoms with E-state index < -0.39 is 5.82 Å². The van der Waals surface area contributed by atoms with E-state index in [0.29, 0.717) is 11.3 Å². The first-order chi connectivity index (χ1) is 12.1. The minimum atomic E-state index is -0.557. The van der Waals surface area contributed by atoms with Crippen molar-refractivity contribution in [2.24, 2.45) is 0 Å². The molecule has 3 rings (SSSR count). The van der Waals surface area contributed by atoms with Crippen LogP contribution in [0.15, 0.2) is 84.9 Å². The molecular weight excluding hydrogens is 337 g/mol. The Balaban J connectivity index is 2.00. The van der Waals surface area contributed by atoms with Gasteiger partial charge in [-0.25, -0.2) is 4.39 Å². The van der Waals surface area contributed by atoms with Gasteiger partial charge in [0.25, 0.3) is 0 Å². The topological polar surface area (TPSA) is 29.1 Å². The molecule has 0 aliphatic rings. The van der Waals surface area contributed by atoms with Gasteiger partial charge in [-0.1, -0.05) is 78.3 Å². The molecule has 0 aliphatic carbocycles. The largest absolute Gasteiger partial charge is 0.352 e. The number of anilines is 1. The third kappa shape index (κ3) is 4.14. The first kappa shape index (κ1) is 16.9. The molecular formula is C21H15ClFNO. The van der Waals surface area contributed by atoms with Gasteiger partial charge in [0.05, 0.1) is 10.7 Å². The summed E-state index contributed by atoms with van der Waals surface area (Å²) in [7, 11) is 0. The Morgan fingerprint density at radius 1 is 0.840 bits per heavy atom. The molecule has 0 saturated carbocycles. The Morgan fingerprint density at radius 3 is 2.08 bits per heavy atom. The summed E-state index contributed by atoms with van der Waals surface area (Å²) in [5.41, 5.74) is 2.04. The van der Waals surface area contributed by atoms with E-state index in [0.717, 1.165) is 5.56 Å². The molecule has 0 radical (unpaired) electrons. The van der Waals surface area contributed by atoms with Crippen molar-refractivity contribution in [2.45, 2.75) is 0 Å². The molecule has 1 N–H and O–H groups in total. The number of halogens is 2. The number of allylic oxidation sites excluding steroid dienone is 1. The molecule has 2 nitrogen and oxygen atoms in total. The Hall–Kier alpha value is -2.91. The Labute approximate surface area is 150 Å². The van der Waals surface area contributed by atoms with Crippen LogP contribution in [0.3, 0.4) is 0 Å². The average molecular weight is 352 g/mol. The summed E-state index contributed by atoms with van der Waals surface area (Å²) in [4.78, 5) is 12.5. The summed E-state index contributed by atoms with van der Waals surface area (Å²) in [5.74, 6) is -0.729. The van der Waals surface area contributed by atoms with Crippen LogP contribution in [0.2, 0.25) is 5.02 Å². The van der Waals surface area contributed by atoms with Crippen LogP contribution in [0.25, 0.3) is 5.70 Å². The summed E-state index contributed by atoms with van der Waals surface area (Å²) in [6, 6.07) is 22.9. The van der Waals surface area contributed by atoms with Crippen molar-refractivity contribution < 1.29 is 9.18 Å². The summed E-state index contributed by atoms with van der Waals surface area (Å²) >= 11 is 5.84. The zero-order valence-corrected chi connectivity index (χ0v) is 14.0. The lowest BCUT2D eigenvalue weighted by Gasteiger charge is -2.13. The van der Waals surface area contributed by atoms with Crippen LogP contribution in [-0.2, 0) is 0 Å². The number of benzene rings is 3. The van der Waals surface area contributed by atoms with Crippen LogP contribution in [0.4, 0.5) is 10.1 Å². The molecule has 0 aliphatic heterocycles. The predicted molar refractivity (Wildman–Crippen MR) is 100 cm³/mol. The van der Waals surface area contributed by atoms with E-state index >= 15 is 0 Å². The smallest absolute Gasteiger partial charge is 0.187 e. The van der Waals surface area contributed by atoms with Gasteiger partial charge in [0.2, 0.25) is 0 Å². The molecule has 124 valence electrons. The van der Waals surface area contributed by atoms with E-state index in [4.69, 9.17) is 11.6 Å². The monoisotopic (exact) mass is 351 g/mol. The highest BCUT2D eigenvalue weighted by molar-refractivity contribution is 6.31. The SMILES string of the molecule is O=C(/C=C(\Nc1cccc(Cl)c1F)c1ccccc1)c1ccccc1. The van der Waals surface area contributed by atoms with Crippen molar-refractivity contribution >= 4 is 28.8 Å². The van der Waals surface area contributed by atoms with Crippen LogP contribution in [0.1, 0.15) is 15.9 Å². The van der Waals surface area contributed by atoms with Crippen molar-refractivity contribution in [3.05, 3.63) is 107 Å². The lowest BCUT2D eigenvalue weighted by Crippen LogP contribution is -2.05. The highest BCUT2D eigenvalue weighted by Gasteiger charge is 2.11. The minimum Gasteiger partial charge on any atom is -0.352 e. The van der Waals surface area contributed by atoms with Gasteiger partial charge in [0.15, 0.2) is 11.6 Å². The van der Waals surface area contributed by atoms with Crippen molar-refractivity contribution in [3.8, 4) is 0 Å². The molecule has 0 saturated heterocycles. The molecule has 0 fully saturated rings. The highest BCUT2D eigenvalue weighted by Crippen LogP contribution is 2.26. The number of hydrogen-bond acceptors (Lipinski definition) is 2. The maximum absolute atomic E-state index is 14.2. The molecule has 3 aromatic carbocycles. The lowest BCUT2D eigenvalue weighted by molar-refractivity contribution is 0.104. The third-order valence-electron chi connectivity index (χ3n) is 3.64. The molecule has 4 heteroatoms. The molecule has 0 atom stereocenters.